The van der Waals surface area contributed by atoms with Gasteiger partial charge in [-0.15, -0.1) is 0 Å². The summed E-state index contributed by atoms with van der Waals surface area (Å²) in [5.41, 5.74) is 1.50. The van der Waals surface area contributed by atoms with Crippen molar-refractivity contribution in [3.05, 3.63) is 54.1 Å². The van der Waals surface area contributed by atoms with Crippen LogP contribution in [0.5, 0.6) is 0 Å². The molecule has 3 aromatic rings. The fraction of sp³-hybridized carbons (Fsp3) is 0.320. The Kier molecular flexibility index (Phi) is 6.47. The van der Waals surface area contributed by atoms with E-state index in [-0.39, 0.29) is 37.6 Å². The Balaban J connectivity index is 1.21. The maximum absolute atomic E-state index is 15.1. The molecule has 0 unspecified atom stereocenters. The molecule has 12 heteroatoms. The third-order valence-corrected chi connectivity index (χ3v) is 6.49. The summed E-state index contributed by atoms with van der Waals surface area (Å²) in [6.07, 6.45) is 1.96. The van der Waals surface area contributed by atoms with Gasteiger partial charge in [0.05, 0.1) is 30.0 Å². The molecule has 1 aromatic carbocycles. The molecule has 37 heavy (non-hydrogen) atoms. The summed E-state index contributed by atoms with van der Waals surface area (Å²) in [6.45, 7) is 2.95. The zero-order valence-corrected chi connectivity index (χ0v) is 20.1. The largest absolute Gasteiger partial charge is 0.442 e. The van der Waals surface area contributed by atoms with Crippen molar-refractivity contribution in [3.8, 4) is 0 Å². The Morgan fingerprint density at radius 1 is 1.19 bits per heavy atom. The molecule has 5 rings (SSSR count). The van der Waals surface area contributed by atoms with Crippen LogP contribution < -0.4 is 15.1 Å². The first-order valence-electron chi connectivity index (χ1n) is 11.8. The number of cyclic esters (lactones) is 1. The second-order valence-electron chi connectivity index (χ2n) is 8.90. The standard InChI is InChI=1S/C25H25FN6O5/c1-15(33)28-12-17-14-32(25(36)37-17)16-4-5-21(20(26)11-16)30-7-9-31(10-8-30)24(35)22(34)19-13-29-23-18(19)3-2-6-27-23/h2-6,11,13,17H,7-10,12,14H2,1H3,(H,27,29)(H,28,33)/t17-/m0/s1. The smallest absolute Gasteiger partial charge is 0.414 e. The summed E-state index contributed by atoms with van der Waals surface area (Å²) in [5.74, 6) is -1.97. The first kappa shape index (κ1) is 24.2. The maximum atomic E-state index is 15.1. The molecule has 2 saturated heterocycles. The number of nitrogens with one attached hydrogen (secondary N) is 2. The molecule has 0 radical (unpaired) electrons. The predicted molar refractivity (Wildman–Crippen MR) is 132 cm³/mol. The number of ketones is 1. The van der Waals surface area contributed by atoms with Gasteiger partial charge in [0, 0.05) is 50.9 Å². The van der Waals surface area contributed by atoms with Crippen LogP contribution in [0.25, 0.3) is 11.0 Å². The van der Waals surface area contributed by atoms with Crippen molar-refractivity contribution in [1.29, 1.82) is 0 Å². The lowest BCUT2D eigenvalue weighted by molar-refractivity contribution is -0.126. The van der Waals surface area contributed by atoms with Crippen LogP contribution in [0.3, 0.4) is 0 Å². The second-order valence-corrected chi connectivity index (χ2v) is 8.90. The highest BCUT2D eigenvalue weighted by atomic mass is 19.1. The summed E-state index contributed by atoms with van der Waals surface area (Å²) in [6, 6.07) is 7.91. The summed E-state index contributed by atoms with van der Waals surface area (Å²) >= 11 is 0. The van der Waals surface area contributed by atoms with E-state index < -0.39 is 29.7 Å². The number of rotatable bonds is 6. The number of hydrogen-bond donors (Lipinski definition) is 2. The van der Waals surface area contributed by atoms with Crippen molar-refractivity contribution in [2.24, 2.45) is 0 Å². The van der Waals surface area contributed by atoms with E-state index in [0.717, 1.165) is 0 Å². The van der Waals surface area contributed by atoms with Crippen LogP contribution in [-0.4, -0.2) is 83.9 Å². The van der Waals surface area contributed by atoms with Crippen LogP contribution in [0.4, 0.5) is 20.6 Å². The number of fused-ring (bicyclic) bond motifs is 1. The monoisotopic (exact) mass is 508 g/mol. The normalized spacial score (nSPS) is 17.7. The molecule has 0 aliphatic carbocycles. The van der Waals surface area contributed by atoms with E-state index in [1.165, 1.54) is 29.0 Å². The van der Waals surface area contributed by atoms with Gasteiger partial charge in [-0.25, -0.2) is 14.2 Å². The molecular weight excluding hydrogens is 483 g/mol. The molecular formula is C25H25FN6O5. The van der Waals surface area contributed by atoms with Crippen LogP contribution >= 0.6 is 0 Å². The van der Waals surface area contributed by atoms with Gasteiger partial charge in [0.1, 0.15) is 17.6 Å². The Hall–Kier alpha value is -4.48. The lowest BCUT2D eigenvalue weighted by Crippen LogP contribution is -2.50. The van der Waals surface area contributed by atoms with Crippen LogP contribution in [0.15, 0.2) is 42.7 Å². The molecule has 3 amide bonds. The number of Topliss-reactive ketones (excluding diaryl/α,β-unsaturated/α-hetero) is 1. The molecule has 4 heterocycles. The number of piperazine rings is 1. The number of pyridine rings is 1. The van der Waals surface area contributed by atoms with Gasteiger partial charge in [0.2, 0.25) is 5.91 Å². The van der Waals surface area contributed by atoms with Gasteiger partial charge in [-0.05, 0) is 30.3 Å². The number of carbonyl (C=O) groups is 4. The number of H-pyrrole nitrogens is 1. The summed E-state index contributed by atoms with van der Waals surface area (Å²) < 4.78 is 20.3. The van der Waals surface area contributed by atoms with Crippen LogP contribution in [-0.2, 0) is 14.3 Å². The summed E-state index contributed by atoms with van der Waals surface area (Å²) in [7, 11) is 0. The molecule has 2 aliphatic heterocycles. The Morgan fingerprint density at radius 2 is 1.97 bits per heavy atom. The van der Waals surface area contributed by atoms with E-state index >= 15 is 4.39 Å². The fourth-order valence-electron chi connectivity index (χ4n) is 4.57. The van der Waals surface area contributed by atoms with Crippen molar-refractivity contribution in [3.63, 3.8) is 0 Å². The highest BCUT2D eigenvalue weighted by Crippen LogP contribution is 2.29. The number of benzene rings is 1. The number of anilines is 2. The lowest BCUT2D eigenvalue weighted by atomic mass is 10.1. The molecule has 2 N–H and O–H groups in total. The Morgan fingerprint density at radius 3 is 2.70 bits per heavy atom. The van der Waals surface area contributed by atoms with Crippen LogP contribution in [0.1, 0.15) is 17.3 Å². The number of halogens is 1. The first-order valence-corrected chi connectivity index (χ1v) is 11.8. The van der Waals surface area contributed by atoms with E-state index in [4.69, 9.17) is 4.74 Å². The van der Waals surface area contributed by atoms with Crippen molar-refractivity contribution < 1.29 is 28.3 Å². The van der Waals surface area contributed by atoms with Crippen LogP contribution in [0, 0.1) is 5.82 Å². The molecule has 11 nitrogen and oxygen atoms in total. The molecule has 2 aromatic heterocycles. The van der Waals surface area contributed by atoms with Gasteiger partial charge in [-0.3, -0.25) is 19.3 Å². The van der Waals surface area contributed by atoms with E-state index in [1.807, 2.05) is 0 Å². The number of nitrogens with zero attached hydrogens (tertiary/aromatic N) is 4. The van der Waals surface area contributed by atoms with Crippen molar-refractivity contribution in [1.82, 2.24) is 20.2 Å². The van der Waals surface area contributed by atoms with E-state index in [9.17, 15) is 19.2 Å². The van der Waals surface area contributed by atoms with Gasteiger partial charge in [-0.1, -0.05) is 0 Å². The van der Waals surface area contributed by atoms with Crippen molar-refractivity contribution >= 4 is 46.1 Å². The SMILES string of the molecule is CC(=O)NC[C@H]1CN(c2ccc(N3CCN(C(=O)C(=O)c4c[nH]c5ncccc45)CC3)c(F)c2)C(=O)O1. The van der Waals surface area contributed by atoms with E-state index in [1.54, 1.807) is 35.4 Å². The van der Waals surface area contributed by atoms with Gasteiger partial charge in [0.25, 0.3) is 11.7 Å². The Labute approximate surface area is 211 Å². The van der Waals surface area contributed by atoms with Gasteiger partial charge in [0.15, 0.2) is 0 Å². The Bertz CT molecular complexity index is 1380. The zero-order chi connectivity index (χ0) is 26.1. The first-order chi connectivity index (χ1) is 17.8. The minimum absolute atomic E-state index is 0.181. The average Bonchev–Trinajstić information content (AvgIpc) is 3.50. The number of aromatic nitrogens is 2. The number of aromatic amines is 1. The number of amides is 3. The summed E-state index contributed by atoms with van der Waals surface area (Å²) in [4.78, 5) is 60.7. The summed E-state index contributed by atoms with van der Waals surface area (Å²) in [5, 5.41) is 3.19. The highest BCUT2D eigenvalue weighted by Gasteiger charge is 2.33. The molecule has 2 aliphatic rings. The second kappa shape index (κ2) is 9.88. The average molecular weight is 509 g/mol. The van der Waals surface area contributed by atoms with Crippen molar-refractivity contribution in [2.45, 2.75) is 13.0 Å². The topological polar surface area (TPSA) is 128 Å². The zero-order valence-electron chi connectivity index (χ0n) is 20.1. The third kappa shape index (κ3) is 4.82. The highest BCUT2D eigenvalue weighted by molar-refractivity contribution is 6.44. The third-order valence-electron chi connectivity index (χ3n) is 6.49. The minimum atomic E-state index is -0.613. The number of hydrogen-bond acceptors (Lipinski definition) is 7. The van der Waals surface area contributed by atoms with Crippen molar-refractivity contribution in [2.75, 3.05) is 49.1 Å². The van der Waals surface area contributed by atoms with Crippen LogP contribution in [0.2, 0.25) is 0 Å². The number of ether oxygens (including phenoxy) is 1. The van der Waals surface area contributed by atoms with Gasteiger partial charge in [-0.2, -0.15) is 0 Å². The molecule has 0 bridgehead atoms. The molecule has 192 valence electrons. The van der Waals surface area contributed by atoms with E-state index in [2.05, 4.69) is 15.3 Å². The predicted octanol–water partition coefficient (Wildman–Crippen LogP) is 1.69. The molecule has 1 atom stereocenters. The number of carbonyl (C=O) groups excluding carboxylic acids is 4. The fourth-order valence-corrected chi connectivity index (χ4v) is 4.57. The molecule has 2 fully saturated rings. The molecule has 0 saturated carbocycles. The van der Waals surface area contributed by atoms with Gasteiger partial charge < -0.3 is 24.8 Å². The maximum Gasteiger partial charge on any atom is 0.414 e. The van der Waals surface area contributed by atoms with E-state index in [0.29, 0.717) is 35.5 Å². The van der Waals surface area contributed by atoms with Gasteiger partial charge >= 0.3 is 6.09 Å². The minimum Gasteiger partial charge on any atom is -0.442 e. The molecule has 0 spiro atoms. The lowest BCUT2D eigenvalue weighted by Gasteiger charge is -2.36. The quantitative estimate of drug-likeness (QED) is 0.383.